The van der Waals surface area contributed by atoms with Crippen LogP contribution in [0, 0.1) is 0 Å². The summed E-state index contributed by atoms with van der Waals surface area (Å²) < 4.78 is 7.74. The first-order valence-electron chi connectivity index (χ1n) is 10.1. The molecule has 2 aliphatic rings. The highest BCUT2D eigenvalue weighted by molar-refractivity contribution is 5.92. The molecule has 8 nitrogen and oxygen atoms in total. The number of rotatable bonds is 4. The number of carbonyl (C=O) groups excluding carboxylic acids is 2. The van der Waals surface area contributed by atoms with Gasteiger partial charge in [0.1, 0.15) is 5.69 Å². The van der Waals surface area contributed by atoms with E-state index in [1.165, 1.54) is 0 Å². The molecule has 1 unspecified atom stereocenters. The quantitative estimate of drug-likeness (QED) is 0.841. The highest BCUT2D eigenvalue weighted by Gasteiger charge is 2.41. The summed E-state index contributed by atoms with van der Waals surface area (Å²) in [6.07, 6.45) is 8.63. The number of hydrogen-bond donors (Lipinski definition) is 1. The van der Waals surface area contributed by atoms with Gasteiger partial charge in [0.05, 0.1) is 12.0 Å². The van der Waals surface area contributed by atoms with Gasteiger partial charge in [-0.1, -0.05) is 0 Å². The van der Waals surface area contributed by atoms with Crippen molar-refractivity contribution in [2.75, 3.05) is 19.7 Å². The van der Waals surface area contributed by atoms with Crippen molar-refractivity contribution in [1.82, 2.24) is 25.0 Å². The Hall–Kier alpha value is -2.74. The van der Waals surface area contributed by atoms with Gasteiger partial charge in [0.2, 0.25) is 5.91 Å². The zero-order valence-electron chi connectivity index (χ0n) is 16.7. The summed E-state index contributed by atoms with van der Waals surface area (Å²) in [5, 5.41) is 7.19. The van der Waals surface area contributed by atoms with Crippen LogP contribution in [0.15, 0.2) is 36.8 Å². The summed E-state index contributed by atoms with van der Waals surface area (Å²) in [6.45, 7) is 2.00. The topological polar surface area (TPSA) is 89.4 Å². The van der Waals surface area contributed by atoms with Crippen molar-refractivity contribution >= 4 is 11.8 Å². The van der Waals surface area contributed by atoms with Gasteiger partial charge in [-0.15, -0.1) is 0 Å². The second-order valence-electron chi connectivity index (χ2n) is 7.95. The molecule has 29 heavy (non-hydrogen) atoms. The van der Waals surface area contributed by atoms with Gasteiger partial charge in [-0.2, -0.15) is 5.10 Å². The molecular weight excluding hydrogens is 370 g/mol. The molecule has 8 heteroatoms. The van der Waals surface area contributed by atoms with Crippen LogP contribution in [-0.4, -0.2) is 62.8 Å². The van der Waals surface area contributed by atoms with Crippen LogP contribution in [0.4, 0.5) is 0 Å². The first-order chi connectivity index (χ1) is 14.0. The lowest BCUT2D eigenvalue weighted by Gasteiger charge is -2.46. The Bertz CT molecular complexity index is 858. The number of carbonyl (C=O) groups is 2. The first kappa shape index (κ1) is 19.6. The normalized spacial score (nSPS) is 21.1. The molecule has 2 aromatic rings. The number of hydrogen-bond acceptors (Lipinski definition) is 5. The molecule has 0 bridgehead atoms. The van der Waals surface area contributed by atoms with Gasteiger partial charge in [0, 0.05) is 51.4 Å². The van der Waals surface area contributed by atoms with E-state index in [-0.39, 0.29) is 23.5 Å². The van der Waals surface area contributed by atoms with Crippen LogP contribution in [0.25, 0.3) is 0 Å². The molecule has 2 amide bonds. The fourth-order valence-corrected chi connectivity index (χ4v) is 4.31. The van der Waals surface area contributed by atoms with Crippen molar-refractivity contribution in [1.29, 1.82) is 0 Å². The Kier molecular flexibility index (Phi) is 5.62. The maximum Gasteiger partial charge on any atom is 0.269 e. The molecule has 0 radical (unpaired) electrons. The van der Waals surface area contributed by atoms with Crippen molar-refractivity contribution in [3.63, 3.8) is 0 Å². The van der Waals surface area contributed by atoms with E-state index in [9.17, 15) is 9.59 Å². The lowest BCUT2D eigenvalue weighted by atomic mass is 9.82. The lowest BCUT2D eigenvalue weighted by molar-refractivity contribution is -0.143. The third kappa shape index (κ3) is 4.48. The molecule has 4 rings (SSSR count). The summed E-state index contributed by atoms with van der Waals surface area (Å²) in [6, 6.07) is 5.55. The Morgan fingerprint density at radius 1 is 1.21 bits per heavy atom. The van der Waals surface area contributed by atoms with Crippen molar-refractivity contribution in [2.24, 2.45) is 7.05 Å². The molecular formula is C21H27N5O3. The van der Waals surface area contributed by atoms with E-state index in [2.05, 4.69) is 15.4 Å². The number of piperidine rings is 1. The largest absolute Gasteiger partial charge is 0.375 e. The van der Waals surface area contributed by atoms with Crippen molar-refractivity contribution in [3.05, 3.63) is 48.0 Å². The van der Waals surface area contributed by atoms with Crippen molar-refractivity contribution < 1.29 is 14.3 Å². The second kappa shape index (κ2) is 8.32. The van der Waals surface area contributed by atoms with Gasteiger partial charge in [0.15, 0.2) is 0 Å². The highest BCUT2D eigenvalue weighted by Crippen LogP contribution is 2.35. The number of nitrogens with one attached hydrogen (secondary N) is 1. The summed E-state index contributed by atoms with van der Waals surface area (Å²) in [5.74, 6) is 0.0416. The van der Waals surface area contributed by atoms with Crippen LogP contribution in [-0.2, 0) is 23.0 Å². The van der Waals surface area contributed by atoms with Gasteiger partial charge in [-0.25, -0.2) is 0 Å². The Balaban J connectivity index is 1.31. The number of likely N-dealkylation sites (tertiary alicyclic amines) is 1. The number of aromatic nitrogens is 3. The predicted octanol–water partition coefficient (Wildman–Crippen LogP) is 1.33. The van der Waals surface area contributed by atoms with Gasteiger partial charge in [-0.3, -0.25) is 19.3 Å². The van der Waals surface area contributed by atoms with Gasteiger partial charge in [-0.05, 0) is 49.4 Å². The molecule has 1 N–H and O–H groups in total. The predicted molar refractivity (Wildman–Crippen MR) is 106 cm³/mol. The maximum atomic E-state index is 12.6. The van der Waals surface area contributed by atoms with E-state index in [4.69, 9.17) is 4.74 Å². The minimum atomic E-state index is -0.254. The fraction of sp³-hybridized carbons (Fsp3) is 0.524. The molecule has 1 spiro atoms. The smallest absolute Gasteiger partial charge is 0.269 e. The third-order valence-electron chi connectivity index (χ3n) is 6.01. The molecule has 4 heterocycles. The third-order valence-corrected chi connectivity index (χ3v) is 6.01. The average Bonchev–Trinajstić information content (AvgIpc) is 3.15. The number of amides is 2. The number of ether oxygens (including phenoxy) is 1. The standard InChI is InChI=1S/C21H27N5O3/c1-25-18(4-10-23-25)20(28)24-17-5-13-29-21(15-17)6-11-26(12-7-21)19(27)14-16-2-8-22-9-3-16/h2-4,8-10,17H,5-7,11-15H2,1H3,(H,24,28). The second-order valence-corrected chi connectivity index (χ2v) is 7.95. The zero-order chi connectivity index (χ0) is 20.3. The van der Waals surface area contributed by atoms with E-state index in [1.54, 1.807) is 36.4 Å². The number of aryl methyl sites for hydroxylation is 1. The molecule has 0 aromatic carbocycles. The summed E-state index contributed by atoms with van der Waals surface area (Å²) in [7, 11) is 1.76. The molecule has 1 atom stereocenters. The SMILES string of the molecule is Cn1nccc1C(=O)NC1CCOC2(CCN(C(=O)Cc3ccncc3)CC2)C1. The summed E-state index contributed by atoms with van der Waals surface area (Å²) >= 11 is 0. The van der Waals surface area contributed by atoms with E-state index < -0.39 is 0 Å². The van der Waals surface area contributed by atoms with Gasteiger partial charge < -0.3 is 15.0 Å². The minimum Gasteiger partial charge on any atom is -0.375 e. The van der Waals surface area contributed by atoms with Crippen LogP contribution in [0.3, 0.4) is 0 Å². The van der Waals surface area contributed by atoms with E-state index in [0.29, 0.717) is 31.8 Å². The number of nitrogens with zero attached hydrogens (tertiary/aromatic N) is 4. The monoisotopic (exact) mass is 397 g/mol. The fourth-order valence-electron chi connectivity index (χ4n) is 4.31. The molecule has 154 valence electrons. The molecule has 0 aliphatic carbocycles. The van der Waals surface area contributed by atoms with Gasteiger partial charge >= 0.3 is 0 Å². The van der Waals surface area contributed by atoms with Crippen molar-refractivity contribution in [2.45, 2.75) is 43.7 Å². The van der Waals surface area contributed by atoms with Crippen LogP contribution >= 0.6 is 0 Å². The zero-order valence-corrected chi connectivity index (χ0v) is 16.7. The first-order valence-corrected chi connectivity index (χ1v) is 10.1. The van der Waals surface area contributed by atoms with Crippen molar-refractivity contribution in [3.8, 4) is 0 Å². The molecule has 0 saturated carbocycles. The molecule has 2 aromatic heterocycles. The Morgan fingerprint density at radius 3 is 2.66 bits per heavy atom. The average molecular weight is 397 g/mol. The van der Waals surface area contributed by atoms with Crippen LogP contribution in [0.2, 0.25) is 0 Å². The maximum absolute atomic E-state index is 12.6. The Labute approximate surface area is 170 Å². The summed E-state index contributed by atoms with van der Waals surface area (Å²) in [5.41, 5.74) is 1.29. The minimum absolute atomic E-state index is 0.0743. The van der Waals surface area contributed by atoms with Gasteiger partial charge in [0.25, 0.3) is 5.91 Å². The lowest BCUT2D eigenvalue weighted by Crippen LogP contribution is -2.54. The molecule has 2 aliphatic heterocycles. The molecule has 2 fully saturated rings. The van der Waals surface area contributed by atoms with Crippen LogP contribution in [0.5, 0.6) is 0 Å². The van der Waals surface area contributed by atoms with Crippen LogP contribution in [0.1, 0.15) is 41.7 Å². The Morgan fingerprint density at radius 2 is 1.97 bits per heavy atom. The summed E-state index contributed by atoms with van der Waals surface area (Å²) in [4.78, 5) is 31.0. The molecule has 2 saturated heterocycles. The van der Waals surface area contributed by atoms with E-state index >= 15 is 0 Å². The highest BCUT2D eigenvalue weighted by atomic mass is 16.5. The number of pyridine rings is 1. The van der Waals surface area contributed by atoms with Crippen LogP contribution < -0.4 is 5.32 Å². The van der Waals surface area contributed by atoms with E-state index in [0.717, 1.165) is 31.2 Å². The van der Waals surface area contributed by atoms with E-state index in [1.807, 2.05) is 17.0 Å².